The van der Waals surface area contributed by atoms with E-state index in [4.69, 9.17) is 5.11 Å². The Morgan fingerprint density at radius 1 is 0.905 bits per heavy atom. The lowest BCUT2D eigenvalue weighted by Gasteiger charge is -2.28. The Hall–Kier alpha value is -5.32. The summed E-state index contributed by atoms with van der Waals surface area (Å²) in [5.41, 5.74) is 1.84. The van der Waals surface area contributed by atoms with Crippen molar-refractivity contribution in [1.29, 1.82) is 0 Å². The lowest BCUT2D eigenvalue weighted by molar-refractivity contribution is -0.137. The van der Waals surface area contributed by atoms with E-state index in [9.17, 15) is 33.7 Å². The van der Waals surface area contributed by atoms with Crippen LogP contribution in [0.4, 0.5) is 0 Å². The average Bonchev–Trinajstić information content (AvgIpc) is 2.99. The Morgan fingerprint density at radius 3 is 2.10 bits per heavy atom. The van der Waals surface area contributed by atoms with Crippen molar-refractivity contribution in [3.8, 4) is 0 Å². The van der Waals surface area contributed by atoms with Gasteiger partial charge in [0.25, 0.3) is 17.7 Å². The Labute approximate surface area is 238 Å². The number of carbonyl (C=O) groups excluding carboxylic acids is 5. The number of amides is 4. The molecule has 0 fully saturated rings. The van der Waals surface area contributed by atoms with Crippen LogP contribution in [0.3, 0.4) is 0 Å². The summed E-state index contributed by atoms with van der Waals surface area (Å²) in [6, 6.07) is 10.1. The van der Waals surface area contributed by atoms with Gasteiger partial charge in [-0.15, -0.1) is 4.91 Å². The first-order valence-corrected chi connectivity index (χ1v) is 13.1. The zero-order chi connectivity index (χ0) is 30.5. The van der Waals surface area contributed by atoms with E-state index in [-0.39, 0.29) is 42.6 Å². The summed E-state index contributed by atoms with van der Waals surface area (Å²) in [4.78, 5) is 87.6. The summed E-state index contributed by atoms with van der Waals surface area (Å²) in [5.74, 6) is -3.59. The van der Waals surface area contributed by atoms with Gasteiger partial charge in [-0.05, 0) is 58.5 Å². The first-order valence-electron chi connectivity index (χ1n) is 13.1. The predicted octanol–water partition coefficient (Wildman–Crippen LogP) is 3.37. The van der Waals surface area contributed by atoms with E-state index in [0.717, 1.165) is 15.8 Å². The fourth-order valence-electron chi connectivity index (χ4n) is 5.86. The van der Waals surface area contributed by atoms with Crippen LogP contribution >= 0.6 is 0 Å². The van der Waals surface area contributed by atoms with Crippen molar-refractivity contribution in [2.75, 3.05) is 20.1 Å². The maximum atomic E-state index is 13.4. The number of carbonyl (C=O) groups is 6. The molecule has 5 rings (SSSR count). The maximum absolute atomic E-state index is 13.4. The lowest BCUT2D eigenvalue weighted by Crippen LogP contribution is -2.41. The minimum Gasteiger partial charge on any atom is -0.481 e. The molecule has 212 valence electrons. The second kappa shape index (κ2) is 10.6. The molecule has 0 aromatic heterocycles. The van der Waals surface area contributed by atoms with Crippen LogP contribution < -0.4 is 5.22 Å². The van der Waals surface area contributed by atoms with Gasteiger partial charge in [0.1, 0.15) is 0 Å². The van der Waals surface area contributed by atoms with E-state index in [1.54, 1.807) is 43.3 Å². The molecule has 11 heteroatoms. The highest BCUT2D eigenvalue weighted by atomic mass is 16.4. The van der Waals surface area contributed by atoms with Gasteiger partial charge in [-0.25, -0.2) is 0 Å². The number of aldehydes is 1. The number of benzene rings is 4. The largest absolute Gasteiger partial charge is 0.481 e. The average molecular weight is 568 g/mol. The van der Waals surface area contributed by atoms with Crippen molar-refractivity contribution in [3.63, 3.8) is 0 Å². The number of carboxylic acid groups (broad SMARTS) is 1. The second-order valence-corrected chi connectivity index (χ2v) is 10.3. The SMILES string of the molecule is C/C(C(=O)N(C)CCC(=O)O)=c1/c(C=O)ccc2c1c(C)c1ccc3c4c(ccc2c14)C(=O)N(CCC(=O)N=O)C3=O. The van der Waals surface area contributed by atoms with Crippen molar-refractivity contribution in [2.24, 2.45) is 5.18 Å². The smallest absolute Gasteiger partial charge is 0.305 e. The quantitative estimate of drug-likeness (QED) is 0.112. The molecule has 0 saturated carbocycles. The maximum Gasteiger partial charge on any atom is 0.305 e. The molecular formula is C31H25N3O8. The Balaban J connectivity index is 1.79. The molecule has 42 heavy (non-hydrogen) atoms. The molecule has 0 aliphatic carbocycles. The predicted molar refractivity (Wildman–Crippen MR) is 154 cm³/mol. The summed E-state index contributed by atoms with van der Waals surface area (Å²) < 4.78 is 0. The first-order chi connectivity index (χ1) is 20.0. The number of hydrogen-bond donors (Lipinski definition) is 1. The number of nitrogens with zero attached hydrogens (tertiary/aromatic N) is 3. The molecule has 1 heterocycles. The van der Waals surface area contributed by atoms with Gasteiger partial charge in [0.15, 0.2) is 6.29 Å². The zero-order valence-corrected chi connectivity index (χ0v) is 23.0. The van der Waals surface area contributed by atoms with Crippen LogP contribution in [-0.4, -0.2) is 70.9 Å². The lowest BCUT2D eigenvalue weighted by atomic mass is 9.84. The molecule has 0 spiro atoms. The highest BCUT2D eigenvalue weighted by molar-refractivity contribution is 6.34. The van der Waals surface area contributed by atoms with Crippen LogP contribution in [0.1, 0.15) is 56.4 Å². The Morgan fingerprint density at radius 2 is 1.50 bits per heavy atom. The van der Waals surface area contributed by atoms with Crippen molar-refractivity contribution < 1.29 is 33.9 Å². The summed E-state index contributed by atoms with van der Waals surface area (Å²) in [5, 5.41) is 15.7. The van der Waals surface area contributed by atoms with Crippen molar-refractivity contribution in [3.05, 3.63) is 68.8 Å². The van der Waals surface area contributed by atoms with Crippen LogP contribution in [0.5, 0.6) is 0 Å². The van der Waals surface area contributed by atoms with Gasteiger partial charge in [0, 0.05) is 58.2 Å². The Kier molecular flexibility index (Phi) is 7.11. The van der Waals surface area contributed by atoms with Gasteiger partial charge in [-0.2, -0.15) is 0 Å². The molecule has 0 bridgehead atoms. The van der Waals surface area contributed by atoms with Gasteiger partial charge < -0.3 is 10.0 Å². The number of aliphatic carboxylic acids is 1. The fourth-order valence-corrected chi connectivity index (χ4v) is 5.86. The van der Waals surface area contributed by atoms with E-state index < -0.39 is 29.6 Å². The normalized spacial score (nSPS) is 13.5. The van der Waals surface area contributed by atoms with E-state index in [1.807, 2.05) is 6.92 Å². The number of rotatable bonds is 8. The van der Waals surface area contributed by atoms with Gasteiger partial charge in [-0.3, -0.25) is 33.7 Å². The summed E-state index contributed by atoms with van der Waals surface area (Å²) >= 11 is 0. The van der Waals surface area contributed by atoms with Gasteiger partial charge in [0.2, 0.25) is 5.91 Å². The van der Waals surface area contributed by atoms with E-state index in [1.165, 1.54) is 11.9 Å². The van der Waals surface area contributed by atoms with E-state index in [0.29, 0.717) is 44.0 Å². The molecule has 1 N–H and O–H groups in total. The summed E-state index contributed by atoms with van der Waals surface area (Å²) in [7, 11) is 1.50. The third kappa shape index (κ3) is 4.30. The van der Waals surface area contributed by atoms with Crippen molar-refractivity contribution >= 4 is 73.8 Å². The molecule has 4 aromatic rings. The number of fused-ring (bicyclic) bond motifs is 2. The van der Waals surface area contributed by atoms with Crippen LogP contribution in [0.15, 0.2) is 41.6 Å². The van der Waals surface area contributed by atoms with E-state index in [2.05, 4.69) is 5.18 Å². The fraction of sp³-hybridized carbons (Fsp3) is 0.226. The number of nitroso groups, excluding NO2 is 1. The minimum absolute atomic E-state index is 0.00770. The number of aryl methyl sites for hydroxylation is 1. The highest BCUT2D eigenvalue weighted by Crippen LogP contribution is 2.41. The van der Waals surface area contributed by atoms with Gasteiger partial charge >= 0.3 is 5.97 Å². The second-order valence-electron chi connectivity index (χ2n) is 10.3. The third-order valence-electron chi connectivity index (χ3n) is 7.90. The molecule has 0 unspecified atom stereocenters. The number of imide groups is 1. The number of hydrogen-bond acceptors (Lipinski definition) is 7. The minimum atomic E-state index is -1.04. The number of carboxylic acids is 1. The standard InChI is InChI=1S/C31H25N3O8/c1-15-18-6-8-21-28-22(31(41)34(30(21)40)13-10-23(36)32-42)9-7-20(27(18)28)19-5-4-17(14-35)25(26(15)19)16(2)29(39)33(3)12-11-24(37)38/h4-9,14H,10-13H2,1-3H3,(H,37,38)/b25-16+. The Bertz CT molecular complexity index is 1960. The van der Waals surface area contributed by atoms with Crippen molar-refractivity contribution in [1.82, 2.24) is 9.80 Å². The topological polar surface area (TPSA) is 159 Å². The van der Waals surface area contributed by atoms with Crippen molar-refractivity contribution in [2.45, 2.75) is 26.7 Å². The van der Waals surface area contributed by atoms with Crippen LogP contribution in [0.25, 0.3) is 37.9 Å². The molecule has 11 nitrogen and oxygen atoms in total. The molecule has 0 atom stereocenters. The molecule has 4 amide bonds. The highest BCUT2D eigenvalue weighted by Gasteiger charge is 2.34. The summed E-state index contributed by atoms with van der Waals surface area (Å²) in [6.45, 7) is 3.16. The summed E-state index contributed by atoms with van der Waals surface area (Å²) in [6.07, 6.45) is 0.0639. The van der Waals surface area contributed by atoms with Crippen LogP contribution in [-0.2, 0) is 14.4 Å². The molecular weight excluding hydrogens is 542 g/mol. The molecule has 4 aromatic carbocycles. The molecule has 1 aliphatic rings. The van der Waals surface area contributed by atoms with Gasteiger partial charge in [0.05, 0.1) is 12.8 Å². The van der Waals surface area contributed by atoms with Crippen LogP contribution in [0.2, 0.25) is 0 Å². The third-order valence-corrected chi connectivity index (χ3v) is 7.90. The first kappa shape index (κ1) is 28.2. The molecule has 1 aliphatic heterocycles. The van der Waals surface area contributed by atoms with Crippen LogP contribution in [0, 0.1) is 11.8 Å². The monoisotopic (exact) mass is 567 g/mol. The van der Waals surface area contributed by atoms with Gasteiger partial charge in [-0.1, -0.05) is 24.3 Å². The van der Waals surface area contributed by atoms with E-state index >= 15 is 0 Å². The molecule has 0 saturated heterocycles. The molecule has 0 radical (unpaired) electrons. The zero-order valence-electron chi connectivity index (χ0n) is 23.0.